The van der Waals surface area contributed by atoms with Gasteiger partial charge in [0.05, 0.1) is 10.6 Å². The number of nitro groups is 1. The lowest BCUT2D eigenvalue weighted by atomic mass is 10.0. The van der Waals surface area contributed by atoms with Gasteiger partial charge in [0, 0.05) is 23.7 Å². The van der Waals surface area contributed by atoms with Crippen LogP contribution in [0.4, 0.5) is 27.4 Å². The summed E-state index contributed by atoms with van der Waals surface area (Å²) in [4.78, 5) is 29.5. The molecule has 31 heavy (non-hydrogen) atoms. The number of carbonyl (C=O) groups is 1. The fraction of sp³-hybridized carbons (Fsp3) is 0.429. The number of piperidine rings is 1. The van der Waals surface area contributed by atoms with Crippen molar-refractivity contribution < 1.29 is 14.1 Å². The fourth-order valence-electron chi connectivity index (χ4n) is 3.37. The molecule has 166 valence electrons. The Labute approximate surface area is 180 Å². The van der Waals surface area contributed by atoms with Crippen LogP contribution in [-0.2, 0) is 0 Å². The standard InChI is InChI=1S/C21H27FN6O3/c1-13(2)23-20-18(28(30)31)6-7-19(26-20)25-17-5-4-14(12-16(17)22)21(29)24-15-8-10-27(3)11-9-15/h4-7,12-13,15H,8-11H2,1-3H3,(H,24,29)(H2,23,25,26). The van der Waals surface area contributed by atoms with E-state index >= 15 is 0 Å². The van der Waals surface area contributed by atoms with Crippen molar-refractivity contribution in [3.05, 3.63) is 51.8 Å². The van der Waals surface area contributed by atoms with Crippen LogP contribution in [0, 0.1) is 15.9 Å². The Kier molecular flexibility index (Phi) is 7.01. The number of anilines is 3. The van der Waals surface area contributed by atoms with Crippen molar-refractivity contribution in [3.8, 4) is 0 Å². The third kappa shape index (κ3) is 5.88. The summed E-state index contributed by atoms with van der Waals surface area (Å²) in [6, 6.07) is 6.89. The van der Waals surface area contributed by atoms with Crippen LogP contribution in [0.15, 0.2) is 30.3 Å². The molecule has 1 aromatic carbocycles. The average molecular weight is 430 g/mol. The minimum atomic E-state index is -0.616. The fourth-order valence-corrected chi connectivity index (χ4v) is 3.37. The molecule has 0 aliphatic carbocycles. The Bertz CT molecular complexity index is 960. The molecule has 10 heteroatoms. The maximum Gasteiger partial charge on any atom is 0.311 e. The summed E-state index contributed by atoms with van der Waals surface area (Å²) >= 11 is 0. The van der Waals surface area contributed by atoms with Gasteiger partial charge < -0.3 is 20.9 Å². The second-order valence-corrected chi connectivity index (χ2v) is 7.99. The normalized spacial score (nSPS) is 15.0. The number of pyridine rings is 1. The first-order valence-electron chi connectivity index (χ1n) is 10.2. The average Bonchev–Trinajstić information content (AvgIpc) is 2.70. The second kappa shape index (κ2) is 9.69. The van der Waals surface area contributed by atoms with Crippen LogP contribution in [0.25, 0.3) is 0 Å². The van der Waals surface area contributed by atoms with E-state index in [4.69, 9.17) is 0 Å². The first kappa shape index (κ1) is 22.4. The number of halogens is 1. The first-order valence-corrected chi connectivity index (χ1v) is 10.2. The van der Waals surface area contributed by atoms with Crippen molar-refractivity contribution in [2.24, 2.45) is 0 Å². The molecule has 0 spiro atoms. The summed E-state index contributed by atoms with van der Waals surface area (Å²) < 4.78 is 14.6. The minimum absolute atomic E-state index is 0.0689. The van der Waals surface area contributed by atoms with Crippen molar-refractivity contribution in [2.75, 3.05) is 30.8 Å². The lowest BCUT2D eigenvalue weighted by Gasteiger charge is -2.29. The van der Waals surface area contributed by atoms with Gasteiger partial charge in [0.25, 0.3) is 5.91 Å². The highest BCUT2D eigenvalue weighted by atomic mass is 19.1. The summed E-state index contributed by atoms with van der Waals surface area (Å²) in [5.41, 5.74) is 0.189. The number of rotatable bonds is 7. The number of benzene rings is 1. The molecule has 3 rings (SSSR count). The zero-order valence-corrected chi connectivity index (χ0v) is 17.8. The molecule has 0 saturated carbocycles. The summed E-state index contributed by atoms with van der Waals surface area (Å²) in [6.45, 7) is 5.50. The van der Waals surface area contributed by atoms with Crippen LogP contribution in [0.5, 0.6) is 0 Å². The number of likely N-dealkylation sites (tertiary alicyclic amines) is 1. The molecular weight excluding hydrogens is 403 g/mol. The molecular formula is C21H27FN6O3. The van der Waals surface area contributed by atoms with Crippen molar-refractivity contribution in [2.45, 2.75) is 38.8 Å². The smallest absolute Gasteiger partial charge is 0.311 e. The zero-order valence-electron chi connectivity index (χ0n) is 17.8. The maximum atomic E-state index is 14.6. The van der Waals surface area contributed by atoms with Gasteiger partial charge in [-0.3, -0.25) is 14.9 Å². The van der Waals surface area contributed by atoms with Gasteiger partial charge >= 0.3 is 5.69 Å². The largest absolute Gasteiger partial charge is 0.362 e. The van der Waals surface area contributed by atoms with E-state index in [1.165, 1.54) is 30.3 Å². The van der Waals surface area contributed by atoms with E-state index < -0.39 is 10.7 Å². The number of hydrogen-bond donors (Lipinski definition) is 3. The molecule has 1 aliphatic rings. The third-order valence-corrected chi connectivity index (χ3v) is 5.04. The summed E-state index contributed by atoms with van der Waals surface area (Å²) in [5, 5.41) is 19.9. The van der Waals surface area contributed by atoms with E-state index in [9.17, 15) is 19.3 Å². The third-order valence-electron chi connectivity index (χ3n) is 5.04. The molecule has 0 unspecified atom stereocenters. The quantitative estimate of drug-likeness (QED) is 0.455. The van der Waals surface area contributed by atoms with Crippen LogP contribution in [0.1, 0.15) is 37.0 Å². The van der Waals surface area contributed by atoms with Crippen molar-refractivity contribution >= 4 is 28.9 Å². The van der Waals surface area contributed by atoms with Gasteiger partial charge in [-0.25, -0.2) is 9.37 Å². The lowest BCUT2D eigenvalue weighted by molar-refractivity contribution is -0.384. The zero-order chi connectivity index (χ0) is 22.5. The molecule has 1 amide bonds. The van der Waals surface area contributed by atoms with E-state index in [1.807, 2.05) is 20.9 Å². The lowest BCUT2D eigenvalue weighted by Crippen LogP contribution is -2.43. The van der Waals surface area contributed by atoms with Crippen molar-refractivity contribution in [1.82, 2.24) is 15.2 Å². The predicted molar refractivity (Wildman–Crippen MR) is 117 cm³/mol. The van der Waals surface area contributed by atoms with Crippen LogP contribution >= 0.6 is 0 Å². The van der Waals surface area contributed by atoms with Gasteiger partial charge in [-0.05, 0) is 71.1 Å². The number of amides is 1. The van der Waals surface area contributed by atoms with Crippen LogP contribution < -0.4 is 16.0 Å². The van der Waals surface area contributed by atoms with Gasteiger partial charge in [0.1, 0.15) is 11.6 Å². The summed E-state index contributed by atoms with van der Waals surface area (Å²) in [6.07, 6.45) is 1.73. The summed E-state index contributed by atoms with van der Waals surface area (Å²) in [7, 11) is 2.04. The Morgan fingerprint density at radius 1 is 1.26 bits per heavy atom. The van der Waals surface area contributed by atoms with Crippen LogP contribution in [-0.4, -0.2) is 52.9 Å². The molecule has 2 heterocycles. The highest BCUT2D eigenvalue weighted by Gasteiger charge is 2.20. The first-order chi connectivity index (χ1) is 14.7. The number of aromatic nitrogens is 1. The number of nitrogens with zero attached hydrogens (tertiary/aromatic N) is 3. The van der Waals surface area contributed by atoms with E-state index in [0.29, 0.717) is 0 Å². The van der Waals surface area contributed by atoms with E-state index in [1.54, 1.807) is 0 Å². The minimum Gasteiger partial charge on any atom is -0.362 e. The number of nitrogens with one attached hydrogen (secondary N) is 3. The van der Waals surface area contributed by atoms with E-state index in [-0.39, 0.29) is 46.6 Å². The summed E-state index contributed by atoms with van der Waals surface area (Å²) in [5.74, 6) is -0.581. The highest BCUT2D eigenvalue weighted by Crippen LogP contribution is 2.27. The van der Waals surface area contributed by atoms with Crippen LogP contribution in [0.3, 0.4) is 0 Å². The van der Waals surface area contributed by atoms with Crippen LogP contribution in [0.2, 0.25) is 0 Å². The number of hydrogen-bond acceptors (Lipinski definition) is 7. The SMILES string of the molecule is CC(C)Nc1nc(Nc2ccc(C(=O)NC3CCN(C)CC3)cc2F)ccc1[N+](=O)[O-]. The molecule has 0 atom stereocenters. The predicted octanol–water partition coefficient (Wildman–Crippen LogP) is 3.52. The molecule has 0 radical (unpaired) electrons. The molecule has 1 fully saturated rings. The van der Waals surface area contributed by atoms with Gasteiger partial charge in [-0.1, -0.05) is 0 Å². The van der Waals surface area contributed by atoms with E-state index in [0.717, 1.165) is 25.9 Å². The Hall–Kier alpha value is -3.27. The van der Waals surface area contributed by atoms with Crippen molar-refractivity contribution in [3.63, 3.8) is 0 Å². The molecule has 3 N–H and O–H groups in total. The second-order valence-electron chi connectivity index (χ2n) is 7.99. The van der Waals surface area contributed by atoms with Gasteiger partial charge in [0.15, 0.2) is 0 Å². The van der Waals surface area contributed by atoms with Gasteiger partial charge in [-0.2, -0.15) is 0 Å². The monoisotopic (exact) mass is 430 g/mol. The molecule has 2 aromatic rings. The molecule has 1 saturated heterocycles. The Morgan fingerprint density at radius 3 is 2.58 bits per heavy atom. The van der Waals surface area contributed by atoms with Crippen molar-refractivity contribution in [1.29, 1.82) is 0 Å². The highest BCUT2D eigenvalue weighted by molar-refractivity contribution is 5.94. The Balaban J connectivity index is 1.71. The maximum absolute atomic E-state index is 14.6. The van der Waals surface area contributed by atoms with Gasteiger partial charge in [0.2, 0.25) is 5.82 Å². The molecule has 1 aliphatic heterocycles. The topological polar surface area (TPSA) is 112 Å². The molecule has 1 aromatic heterocycles. The molecule has 0 bridgehead atoms. The Morgan fingerprint density at radius 2 is 1.97 bits per heavy atom. The van der Waals surface area contributed by atoms with E-state index in [2.05, 4.69) is 25.8 Å². The molecule has 9 nitrogen and oxygen atoms in total. The number of carbonyl (C=O) groups excluding carboxylic acids is 1. The van der Waals surface area contributed by atoms with Gasteiger partial charge in [-0.15, -0.1) is 0 Å².